The molecule has 2 saturated heterocycles. The summed E-state index contributed by atoms with van der Waals surface area (Å²) in [4.78, 5) is 28.6. The van der Waals surface area contributed by atoms with Crippen LogP contribution >= 0.6 is 0 Å². The van der Waals surface area contributed by atoms with Gasteiger partial charge in [0.05, 0.1) is 10.8 Å². The van der Waals surface area contributed by atoms with Crippen LogP contribution in [0.2, 0.25) is 0 Å². The van der Waals surface area contributed by atoms with E-state index in [1.54, 1.807) is 34.1 Å². The molecular weight excluding hydrogens is 378 g/mol. The average molecular weight is 408 g/mol. The van der Waals surface area contributed by atoms with Gasteiger partial charge in [0.1, 0.15) is 0 Å². The zero-order valence-corrected chi connectivity index (χ0v) is 17.5. The maximum absolute atomic E-state index is 12.8. The first-order valence-electron chi connectivity index (χ1n) is 9.84. The Labute approximate surface area is 167 Å². The Morgan fingerprint density at radius 3 is 2.29 bits per heavy atom. The van der Waals surface area contributed by atoms with Crippen LogP contribution in [-0.2, 0) is 19.6 Å². The molecule has 1 N–H and O–H groups in total. The molecule has 0 spiro atoms. The molecule has 2 amide bonds. The lowest BCUT2D eigenvalue weighted by Gasteiger charge is -2.33. The Balaban J connectivity index is 1.54. The molecule has 1 unspecified atom stereocenters. The normalized spacial score (nSPS) is 21.6. The lowest BCUT2D eigenvalue weighted by molar-refractivity contribution is -0.136. The van der Waals surface area contributed by atoms with Gasteiger partial charge in [0.25, 0.3) is 0 Å². The summed E-state index contributed by atoms with van der Waals surface area (Å²) < 4.78 is 27.8. The van der Waals surface area contributed by atoms with Crippen LogP contribution in [0.5, 0.6) is 0 Å². The molecular formula is C20H29N3O4S. The van der Waals surface area contributed by atoms with E-state index in [-0.39, 0.29) is 41.1 Å². The number of rotatable bonds is 5. The molecule has 2 aliphatic rings. The molecule has 1 aromatic carbocycles. The first-order valence-corrected chi connectivity index (χ1v) is 11.3. The summed E-state index contributed by atoms with van der Waals surface area (Å²) in [5.41, 5.74) is 1.01. The van der Waals surface area contributed by atoms with Gasteiger partial charge < -0.3 is 9.80 Å². The molecule has 154 valence electrons. The van der Waals surface area contributed by atoms with Crippen molar-refractivity contribution in [2.24, 2.45) is 5.92 Å². The quantitative estimate of drug-likeness (QED) is 0.802. The molecule has 8 heteroatoms. The van der Waals surface area contributed by atoms with Crippen LogP contribution in [0.25, 0.3) is 0 Å². The summed E-state index contributed by atoms with van der Waals surface area (Å²) in [6.07, 6.45) is 1.42. The molecule has 0 bridgehead atoms. The van der Waals surface area contributed by atoms with Crippen LogP contribution in [0.1, 0.15) is 38.7 Å². The Hall–Kier alpha value is -1.93. The molecule has 1 aromatic rings. The van der Waals surface area contributed by atoms with Crippen molar-refractivity contribution in [3.8, 4) is 0 Å². The predicted octanol–water partition coefficient (Wildman–Crippen LogP) is 1.52. The van der Waals surface area contributed by atoms with Crippen molar-refractivity contribution in [3.63, 3.8) is 0 Å². The number of nitrogens with zero attached hydrogens (tertiary/aromatic N) is 2. The smallest absolute Gasteiger partial charge is 0.240 e. The molecule has 1 atom stereocenters. The largest absolute Gasteiger partial charge is 0.342 e. The number of carbonyl (C=O) groups excluding carboxylic acids is 2. The van der Waals surface area contributed by atoms with Crippen LogP contribution in [0.3, 0.4) is 0 Å². The second kappa shape index (κ2) is 8.21. The third kappa shape index (κ3) is 4.55. The number of hydrogen-bond acceptors (Lipinski definition) is 4. The van der Waals surface area contributed by atoms with Crippen LogP contribution in [0.4, 0.5) is 0 Å². The third-order valence-electron chi connectivity index (χ3n) is 5.59. The SMILES string of the molecule is Cc1ccc(S(=O)(=O)NC2CCN(C(=O)C3CC(=O)N(C(C)C)C3)CC2)cc1. The maximum Gasteiger partial charge on any atom is 0.240 e. The molecule has 3 rings (SSSR count). The summed E-state index contributed by atoms with van der Waals surface area (Å²) in [5.74, 6) is -0.235. The first-order chi connectivity index (χ1) is 13.2. The molecule has 2 fully saturated rings. The highest BCUT2D eigenvalue weighted by atomic mass is 32.2. The van der Waals surface area contributed by atoms with Crippen LogP contribution in [0, 0.1) is 12.8 Å². The lowest BCUT2D eigenvalue weighted by Crippen LogP contribution is -2.48. The van der Waals surface area contributed by atoms with Gasteiger partial charge in [-0.25, -0.2) is 13.1 Å². The number of nitrogens with one attached hydrogen (secondary N) is 1. The Kier molecular flexibility index (Phi) is 6.09. The fraction of sp³-hybridized carbons (Fsp3) is 0.600. The Morgan fingerprint density at radius 1 is 1.14 bits per heavy atom. The number of likely N-dealkylation sites (tertiary alicyclic amines) is 2. The zero-order chi connectivity index (χ0) is 20.5. The summed E-state index contributed by atoms with van der Waals surface area (Å²) in [6, 6.07) is 6.68. The molecule has 2 aliphatic heterocycles. The van der Waals surface area contributed by atoms with E-state index in [2.05, 4.69) is 4.72 Å². The van der Waals surface area contributed by atoms with Crippen LogP contribution in [-0.4, -0.2) is 61.7 Å². The Morgan fingerprint density at radius 2 is 1.75 bits per heavy atom. The number of carbonyl (C=O) groups is 2. The minimum atomic E-state index is -3.56. The van der Waals surface area contributed by atoms with Crippen molar-refractivity contribution in [2.75, 3.05) is 19.6 Å². The van der Waals surface area contributed by atoms with Gasteiger partial charge in [-0.1, -0.05) is 17.7 Å². The van der Waals surface area contributed by atoms with Crippen LogP contribution < -0.4 is 4.72 Å². The summed E-state index contributed by atoms with van der Waals surface area (Å²) in [5, 5.41) is 0. The van der Waals surface area contributed by atoms with Crippen molar-refractivity contribution in [2.45, 2.75) is 57.0 Å². The summed E-state index contributed by atoms with van der Waals surface area (Å²) in [7, 11) is -3.56. The molecule has 0 saturated carbocycles. The maximum atomic E-state index is 12.8. The van der Waals surface area contributed by atoms with E-state index in [0.29, 0.717) is 32.5 Å². The van der Waals surface area contributed by atoms with Gasteiger partial charge >= 0.3 is 0 Å². The molecule has 0 aromatic heterocycles. The second-order valence-electron chi connectivity index (χ2n) is 8.07. The van der Waals surface area contributed by atoms with Gasteiger partial charge in [-0.2, -0.15) is 0 Å². The second-order valence-corrected chi connectivity index (χ2v) is 9.79. The highest BCUT2D eigenvalue weighted by Gasteiger charge is 2.38. The standard InChI is InChI=1S/C20H29N3O4S/c1-14(2)23-13-16(12-19(23)24)20(25)22-10-8-17(9-11-22)21-28(26,27)18-6-4-15(3)5-7-18/h4-7,14,16-17,21H,8-13H2,1-3H3. The van der Waals surface area contributed by atoms with E-state index in [4.69, 9.17) is 0 Å². The van der Waals surface area contributed by atoms with E-state index < -0.39 is 10.0 Å². The van der Waals surface area contributed by atoms with E-state index in [0.717, 1.165) is 5.56 Å². The van der Waals surface area contributed by atoms with Crippen LogP contribution in [0.15, 0.2) is 29.2 Å². The highest BCUT2D eigenvalue weighted by Crippen LogP contribution is 2.24. The van der Waals surface area contributed by atoms with Gasteiger partial charge in [0.2, 0.25) is 21.8 Å². The third-order valence-corrected chi connectivity index (χ3v) is 7.13. The topological polar surface area (TPSA) is 86.8 Å². The number of amides is 2. The number of hydrogen-bond donors (Lipinski definition) is 1. The fourth-order valence-electron chi connectivity index (χ4n) is 3.88. The monoisotopic (exact) mass is 407 g/mol. The van der Waals surface area contributed by atoms with Gasteiger partial charge in [0.15, 0.2) is 0 Å². The van der Waals surface area contributed by atoms with Crippen molar-refractivity contribution in [1.29, 1.82) is 0 Å². The van der Waals surface area contributed by atoms with Gasteiger partial charge in [-0.3, -0.25) is 9.59 Å². The van der Waals surface area contributed by atoms with E-state index in [1.807, 2.05) is 20.8 Å². The average Bonchev–Trinajstić information content (AvgIpc) is 3.04. The predicted molar refractivity (Wildman–Crippen MR) is 106 cm³/mol. The molecule has 7 nitrogen and oxygen atoms in total. The minimum Gasteiger partial charge on any atom is -0.342 e. The highest BCUT2D eigenvalue weighted by molar-refractivity contribution is 7.89. The molecule has 2 heterocycles. The molecule has 0 radical (unpaired) electrons. The fourth-order valence-corrected chi connectivity index (χ4v) is 5.18. The lowest BCUT2D eigenvalue weighted by atomic mass is 10.0. The minimum absolute atomic E-state index is 0.0105. The number of piperidine rings is 1. The zero-order valence-electron chi connectivity index (χ0n) is 16.7. The van der Waals surface area contributed by atoms with Crippen molar-refractivity contribution in [3.05, 3.63) is 29.8 Å². The molecule has 28 heavy (non-hydrogen) atoms. The molecule has 0 aliphatic carbocycles. The number of aryl methyl sites for hydroxylation is 1. The van der Waals surface area contributed by atoms with Crippen molar-refractivity contribution in [1.82, 2.24) is 14.5 Å². The number of benzene rings is 1. The van der Waals surface area contributed by atoms with E-state index >= 15 is 0 Å². The van der Waals surface area contributed by atoms with E-state index in [9.17, 15) is 18.0 Å². The van der Waals surface area contributed by atoms with Crippen molar-refractivity contribution >= 4 is 21.8 Å². The first kappa shape index (κ1) is 20.8. The van der Waals surface area contributed by atoms with Gasteiger partial charge in [-0.05, 0) is 45.7 Å². The van der Waals surface area contributed by atoms with Crippen molar-refractivity contribution < 1.29 is 18.0 Å². The summed E-state index contributed by atoms with van der Waals surface area (Å²) in [6.45, 7) is 7.32. The summed E-state index contributed by atoms with van der Waals surface area (Å²) >= 11 is 0. The van der Waals surface area contributed by atoms with E-state index in [1.165, 1.54) is 0 Å². The van der Waals surface area contributed by atoms with Gasteiger partial charge in [0, 0.05) is 38.1 Å². The number of sulfonamides is 1. The van der Waals surface area contributed by atoms with Gasteiger partial charge in [-0.15, -0.1) is 0 Å². The Bertz CT molecular complexity index is 828.